The summed E-state index contributed by atoms with van der Waals surface area (Å²) in [4.78, 5) is 9.08. The van der Waals surface area contributed by atoms with Gasteiger partial charge >= 0.3 is 0 Å². The summed E-state index contributed by atoms with van der Waals surface area (Å²) in [7, 11) is 2.14. The van der Waals surface area contributed by atoms with Gasteiger partial charge < -0.3 is 4.57 Å². The van der Waals surface area contributed by atoms with Gasteiger partial charge in [0.25, 0.3) is 0 Å². The monoisotopic (exact) mass is 355 g/mol. The molecule has 0 fully saturated rings. The van der Waals surface area contributed by atoms with Crippen molar-refractivity contribution in [3.8, 4) is 0 Å². The maximum atomic E-state index is 4.70. The van der Waals surface area contributed by atoms with Gasteiger partial charge in [-0.3, -0.25) is 4.98 Å². The molecule has 0 aliphatic heterocycles. The smallest absolute Gasteiger partial charge is 0.177 e. The Bertz CT molecular complexity index is 1270. The molecule has 5 rings (SSSR count). The van der Waals surface area contributed by atoms with Crippen LogP contribution < -0.4 is 0 Å². The summed E-state index contributed by atoms with van der Waals surface area (Å²) in [6, 6.07) is 15.3. The molecular formula is C22H21N5. The number of hydrogen-bond acceptors (Lipinski definition) is 3. The lowest BCUT2D eigenvalue weighted by Crippen LogP contribution is -2.00. The molecule has 0 aliphatic carbocycles. The normalized spacial score (nSPS) is 11.8. The number of fused-ring (bicyclic) bond motifs is 4. The maximum absolute atomic E-state index is 4.70. The van der Waals surface area contributed by atoms with E-state index in [4.69, 9.17) is 4.98 Å². The van der Waals surface area contributed by atoms with Crippen LogP contribution in [0.1, 0.15) is 22.9 Å². The Balaban J connectivity index is 1.52. The van der Waals surface area contributed by atoms with Crippen LogP contribution in [0.5, 0.6) is 0 Å². The number of aromatic nitrogens is 5. The molecule has 0 N–H and O–H groups in total. The van der Waals surface area contributed by atoms with E-state index in [9.17, 15) is 0 Å². The second-order valence-electron chi connectivity index (χ2n) is 7.16. The van der Waals surface area contributed by atoms with Crippen LogP contribution in [-0.4, -0.2) is 24.1 Å². The molecule has 2 aromatic carbocycles. The SMILES string of the molecule is Cc1ncc(C)n2nc(CCc3cc4c5ccccc5ccc4n3C)nc12. The molecule has 0 saturated carbocycles. The minimum absolute atomic E-state index is 0.808. The molecule has 0 atom stereocenters. The fraction of sp³-hybridized carbons (Fsp3) is 0.227. The molecule has 0 radical (unpaired) electrons. The summed E-state index contributed by atoms with van der Waals surface area (Å²) >= 11 is 0. The zero-order valence-electron chi connectivity index (χ0n) is 15.8. The molecule has 3 heterocycles. The summed E-state index contributed by atoms with van der Waals surface area (Å²) < 4.78 is 4.18. The fourth-order valence-corrected chi connectivity index (χ4v) is 3.87. The Labute approximate surface area is 157 Å². The number of hydrogen-bond donors (Lipinski definition) is 0. The van der Waals surface area contributed by atoms with E-state index >= 15 is 0 Å². The molecule has 3 aromatic heterocycles. The summed E-state index contributed by atoms with van der Waals surface area (Å²) in [6.45, 7) is 3.98. The van der Waals surface area contributed by atoms with Crippen molar-refractivity contribution in [3.63, 3.8) is 0 Å². The van der Waals surface area contributed by atoms with E-state index in [2.05, 4.69) is 64.2 Å². The lowest BCUT2D eigenvalue weighted by Gasteiger charge is -2.03. The van der Waals surface area contributed by atoms with Gasteiger partial charge in [0, 0.05) is 36.3 Å². The highest BCUT2D eigenvalue weighted by atomic mass is 15.3. The fourth-order valence-electron chi connectivity index (χ4n) is 3.87. The first kappa shape index (κ1) is 16.0. The average molecular weight is 355 g/mol. The summed E-state index contributed by atoms with van der Waals surface area (Å²) in [5.74, 6) is 0.865. The van der Waals surface area contributed by atoms with Gasteiger partial charge in [0.05, 0.1) is 11.4 Å². The number of rotatable bonds is 3. The van der Waals surface area contributed by atoms with E-state index in [1.54, 1.807) is 0 Å². The Hall–Kier alpha value is -3.21. The zero-order valence-corrected chi connectivity index (χ0v) is 15.8. The molecule has 5 nitrogen and oxygen atoms in total. The number of benzene rings is 2. The molecule has 0 aliphatic rings. The maximum Gasteiger partial charge on any atom is 0.177 e. The lowest BCUT2D eigenvalue weighted by atomic mass is 10.1. The molecule has 134 valence electrons. The summed E-state index contributed by atoms with van der Waals surface area (Å²) in [5, 5.41) is 8.57. The Morgan fingerprint density at radius 1 is 0.963 bits per heavy atom. The van der Waals surface area contributed by atoms with Crippen LogP contribution in [0.15, 0.2) is 48.7 Å². The Kier molecular flexibility index (Phi) is 3.50. The number of aryl methyl sites for hydroxylation is 5. The largest absolute Gasteiger partial charge is 0.348 e. The Morgan fingerprint density at radius 2 is 1.81 bits per heavy atom. The van der Waals surface area contributed by atoms with Gasteiger partial charge in [-0.15, -0.1) is 0 Å². The molecule has 0 spiro atoms. The first-order valence-corrected chi connectivity index (χ1v) is 9.26. The predicted molar refractivity (Wildman–Crippen MR) is 108 cm³/mol. The first-order chi connectivity index (χ1) is 13.1. The van der Waals surface area contributed by atoms with Crippen molar-refractivity contribution < 1.29 is 0 Å². The van der Waals surface area contributed by atoms with Crippen molar-refractivity contribution in [1.29, 1.82) is 0 Å². The zero-order chi connectivity index (χ0) is 18.5. The van der Waals surface area contributed by atoms with Crippen LogP contribution in [0.2, 0.25) is 0 Å². The van der Waals surface area contributed by atoms with E-state index in [1.807, 2.05) is 24.6 Å². The van der Waals surface area contributed by atoms with Crippen LogP contribution in [-0.2, 0) is 19.9 Å². The standard InChI is InChI=1S/C22H21N5/c1-14-13-23-15(2)22-24-21(25-27(14)22)11-9-17-12-19-18-7-5-4-6-16(18)8-10-20(19)26(17)3/h4-8,10,12-13H,9,11H2,1-3H3. The average Bonchev–Trinajstić information content (AvgIpc) is 3.26. The van der Waals surface area contributed by atoms with E-state index in [-0.39, 0.29) is 0 Å². The van der Waals surface area contributed by atoms with Gasteiger partial charge in [0.2, 0.25) is 0 Å². The van der Waals surface area contributed by atoms with Crippen LogP contribution >= 0.6 is 0 Å². The summed E-state index contributed by atoms with van der Waals surface area (Å²) in [6.07, 6.45) is 3.56. The lowest BCUT2D eigenvalue weighted by molar-refractivity contribution is 0.774. The van der Waals surface area contributed by atoms with Crippen LogP contribution in [0.25, 0.3) is 27.3 Å². The third kappa shape index (κ3) is 2.50. The minimum atomic E-state index is 0.808. The van der Waals surface area contributed by atoms with Gasteiger partial charge in [0.1, 0.15) is 0 Å². The quantitative estimate of drug-likeness (QED) is 0.488. The molecule has 27 heavy (non-hydrogen) atoms. The first-order valence-electron chi connectivity index (χ1n) is 9.26. The molecule has 5 aromatic rings. The highest BCUT2D eigenvalue weighted by Gasteiger charge is 2.12. The highest BCUT2D eigenvalue weighted by molar-refractivity contribution is 6.07. The van der Waals surface area contributed by atoms with Crippen molar-refractivity contribution in [2.45, 2.75) is 26.7 Å². The molecule has 0 bridgehead atoms. The second-order valence-corrected chi connectivity index (χ2v) is 7.16. The van der Waals surface area contributed by atoms with Gasteiger partial charge in [-0.25, -0.2) is 9.50 Å². The van der Waals surface area contributed by atoms with Crippen LogP contribution in [0.4, 0.5) is 0 Å². The molecule has 0 saturated heterocycles. The van der Waals surface area contributed by atoms with Gasteiger partial charge in [0.15, 0.2) is 11.5 Å². The minimum Gasteiger partial charge on any atom is -0.348 e. The van der Waals surface area contributed by atoms with Crippen molar-refractivity contribution in [3.05, 3.63) is 71.6 Å². The van der Waals surface area contributed by atoms with E-state index < -0.39 is 0 Å². The van der Waals surface area contributed by atoms with Crippen molar-refractivity contribution in [2.24, 2.45) is 7.05 Å². The van der Waals surface area contributed by atoms with Crippen LogP contribution in [0.3, 0.4) is 0 Å². The summed E-state index contributed by atoms with van der Waals surface area (Å²) in [5.41, 5.74) is 5.34. The van der Waals surface area contributed by atoms with E-state index in [1.165, 1.54) is 27.4 Å². The van der Waals surface area contributed by atoms with Crippen molar-refractivity contribution in [1.82, 2.24) is 24.1 Å². The predicted octanol–water partition coefficient (Wildman–Crippen LogP) is 4.17. The topological polar surface area (TPSA) is 48.0 Å². The van der Waals surface area contributed by atoms with E-state index in [0.29, 0.717) is 0 Å². The van der Waals surface area contributed by atoms with Gasteiger partial charge in [-0.05, 0) is 43.2 Å². The molecule has 0 unspecified atom stereocenters. The molecule has 5 heteroatoms. The van der Waals surface area contributed by atoms with Crippen molar-refractivity contribution in [2.75, 3.05) is 0 Å². The van der Waals surface area contributed by atoms with Gasteiger partial charge in [-0.2, -0.15) is 5.10 Å². The second kappa shape index (κ2) is 5.91. The van der Waals surface area contributed by atoms with E-state index in [0.717, 1.165) is 35.7 Å². The van der Waals surface area contributed by atoms with Gasteiger partial charge in [-0.1, -0.05) is 30.3 Å². The highest BCUT2D eigenvalue weighted by Crippen LogP contribution is 2.28. The third-order valence-corrected chi connectivity index (χ3v) is 5.41. The molecule has 0 amide bonds. The number of nitrogens with zero attached hydrogens (tertiary/aromatic N) is 5. The Morgan fingerprint density at radius 3 is 2.67 bits per heavy atom. The molecular weight excluding hydrogens is 334 g/mol. The van der Waals surface area contributed by atoms with Crippen molar-refractivity contribution >= 4 is 27.3 Å². The van der Waals surface area contributed by atoms with Crippen LogP contribution in [0, 0.1) is 13.8 Å². The third-order valence-electron chi connectivity index (χ3n) is 5.41.